The van der Waals surface area contributed by atoms with Crippen LogP contribution in [0.15, 0.2) is 97.2 Å². The van der Waals surface area contributed by atoms with E-state index >= 15 is 0 Å². The minimum atomic E-state index is -0.783. The Bertz CT molecular complexity index is 1490. The summed E-state index contributed by atoms with van der Waals surface area (Å²) in [6, 6.07) is 0. The first-order chi connectivity index (χ1) is 37.5. The summed E-state index contributed by atoms with van der Waals surface area (Å²) in [6.07, 6.45) is 85.8. The van der Waals surface area contributed by atoms with Crippen molar-refractivity contribution in [1.29, 1.82) is 0 Å². The van der Waals surface area contributed by atoms with Gasteiger partial charge in [0.15, 0.2) is 6.10 Å². The number of allylic oxidation sites excluding steroid dienone is 16. The fourth-order valence-electron chi connectivity index (χ4n) is 8.97. The van der Waals surface area contributed by atoms with E-state index < -0.39 is 6.10 Å². The van der Waals surface area contributed by atoms with Crippen LogP contribution in [-0.4, -0.2) is 37.2 Å². The SMILES string of the molecule is CC/C=C\C/C=C\C/C=C\C/C=C\C/C=C\C/C=C\CCCCCCCCCCCCCCCCC(=O)OCC(COC(=O)CCCCCCC/C=C\CCC)OC(=O)CCCCCCC/C=C\CCCCCCCC. The minimum absolute atomic E-state index is 0.0813. The molecule has 6 nitrogen and oxygen atoms in total. The van der Waals surface area contributed by atoms with E-state index in [0.29, 0.717) is 19.3 Å². The Kier molecular flexibility index (Phi) is 60.8. The van der Waals surface area contributed by atoms with Gasteiger partial charge in [-0.25, -0.2) is 0 Å². The molecule has 76 heavy (non-hydrogen) atoms. The summed E-state index contributed by atoms with van der Waals surface area (Å²) >= 11 is 0. The van der Waals surface area contributed by atoms with E-state index in [-0.39, 0.29) is 31.1 Å². The van der Waals surface area contributed by atoms with E-state index in [1.807, 2.05) is 0 Å². The number of esters is 3. The first-order valence-electron chi connectivity index (χ1n) is 32.2. The van der Waals surface area contributed by atoms with Crippen molar-refractivity contribution in [3.8, 4) is 0 Å². The lowest BCUT2D eigenvalue weighted by Gasteiger charge is -2.18. The van der Waals surface area contributed by atoms with Gasteiger partial charge in [-0.1, -0.05) is 272 Å². The van der Waals surface area contributed by atoms with Crippen LogP contribution in [0.25, 0.3) is 0 Å². The van der Waals surface area contributed by atoms with Crippen LogP contribution in [0, 0.1) is 0 Å². The van der Waals surface area contributed by atoms with Gasteiger partial charge < -0.3 is 14.2 Å². The van der Waals surface area contributed by atoms with Gasteiger partial charge in [-0.05, 0) is 116 Å². The van der Waals surface area contributed by atoms with E-state index in [9.17, 15) is 14.4 Å². The maximum atomic E-state index is 12.8. The molecule has 6 heteroatoms. The van der Waals surface area contributed by atoms with Crippen molar-refractivity contribution >= 4 is 17.9 Å². The van der Waals surface area contributed by atoms with E-state index in [4.69, 9.17) is 14.2 Å². The highest BCUT2D eigenvalue weighted by Gasteiger charge is 2.19. The lowest BCUT2D eigenvalue weighted by Crippen LogP contribution is -2.30. The minimum Gasteiger partial charge on any atom is -0.462 e. The Balaban J connectivity index is 4.13. The van der Waals surface area contributed by atoms with E-state index in [1.165, 1.54) is 148 Å². The van der Waals surface area contributed by atoms with Gasteiger partial charge >= 0.3 is 17.9 Å². The number of unbranched alkanes of at least 4 members (excludes halogenated alkanes) is 31. The van der Waals surface area contributed by atoms with Gasteiger partial charge in [0.25, 0.3) is 0 Å². The van der Waals surface area contributed by atoms with Crippen molar-refractivity contribution in [2.45, 2.75) is 316 Å². The zero-order chi connectivity index (χ0) is 55.0. The normalized spacial score (nSPS) is 12.7. The molecule has 1 atom stereocenters. The highest BCUT2D eigenvalue weighted by Crippen LogP contribution is 2.16. The fourth-order valence-corrected chi connectivity index (χ4v) is 8.97. The fraction of sp³-hybridized carbons (Fsp3) is 0.729. The first kappa shape index (κ1) is 72.3. The summed E-state index contributed by atoms with van der Waals surface area (Å²) in [7, 11) is 0. The smallest absolute Gasteiger partial charge is 0.306 e. The summed E-state index contributed by atoms with van der Waals surface area (Å²) in [6.45, 7) is 6.46. The largest absolute Gasteiger partial charge is 0.462 e. The number of hydrogen-bond acceptors (Lipinski definition) is 6. The zero-order valence-corrected chi connectivity index (χ0v) is 50.0. The Labute approximate surface area is 470 Å². The predicted molar refractivity (Wildman–Crippen MR) is 330 cm³/mol. The quantitative estimate of drug-likeness (QED) is 0.0261. The number of carbonyl (C=O) groups excluding carboxylic acids is 3. The molecule has 0 aromatic carbocycles. The maximum Gasteiger partial charge on any atom is 0.306 e. The van der Waals surface area contributed by atoms with Crippen LogP contribution in [0.5, 0.6) is 0 Å². The summed E-state index contributed by atoms with van der Waals surface area (Å²) in [5, 5.41) is 0. The monoisotopic (exact) mass is 1060 g/mol. The first-order valence-corrected chi connectivity index (χ1v) is 32.2. The molecule has 0 aliphatic rings. The number of rotatable bonds is 58. The van der Waals surface area contributed by atoms with Gasteiger partial charge in [-0.2, -0.15) is 0 Å². The summed E-state index contributed by atoms with van der Waals surface area (Å²) in [5.74, 6) is -0.893. The molecule has 436 valence electrons. The molecule has 0 spiro atoms. The lowest BCUT2D eigenvalue weighted by molar-refractivity contribution is -0.167. The van der Waals surface area contributed by atoms with Crippen molar-refractivity contribution in [1.82, 2.24) is 0 Å². The average Bonchev–Trinajstić information content (AvgIpc) is 3.42. The van der Waals surface area contributed by atoms with Crippen LogP contribution < -0.4 is 0 Å². The van der Waals surface area contributed by atoms with Gasteiger partial charge in [-0.3, -0.25) is 14.4 Å². The molecule has 1 unspecified atom stereocenters. The van der Waals surface area contributed by atoms with Gasteiger partial charge in [0.2, 0.25) is 0 Å². The molecule has 0 saturated carbocycles. The van der Waals surface area contributed by atoms with E-state index in [2.05, 4.69) is 118 Å². The number of carbonyl (C=O) groups is 3. The molecule has 0 aliphatic carbocycles. The average molecular weight is 1060 g/mol. The molecule has 0 aromatic rings. The second kappa shape index (κ2) is 63.9. The molecule has 0 rings (SSSR count). The third-order valence-electron chi connectivity index (χ3n) is 13.8. The van der Waals surface area contributed by atoms with Crippen molar-refractivity contribution in [2.75, 3.05) is 13.2 Å². The molecule has 0 amide bonds. The molecular formula is C70H120O6. The van der Waals surface area contributed by atoms with Crippen LogP contribution >= 0.6 is 0 Å². The molecule has 0 heterocycles. The third kappa shape index (κ3) is 61.2. The van der Waals surface area contributed by atoms with E-state index in [1.54, 1.807) is 0 Å². The number of hydrogen-bond donors (Lipinski definition) is 0. The van der Waals surface area contributed by atoms with Crippen molar-refractivity contribution < 1.29 is 28.6 Å². The topological polar surface area (TPSA) is 78.9 Å². The highest BCUT2D eigenvalue weighted by molar-refractivity contribution is 5.71. The summed E-state index contributed by atoms with van der Waals surface area (Å²) < 4.78 is 16.9. The zero-order valence-electron chi connectivity index (χ0n) is 50.0. The standard InChI is InChI=1S/C70H120O6/c1-4-7-10-13-16-19-22-24-26-27-28-29-30-31-32-33-34-35-36-37-38-39-40-41-42-43-45-46-48-51-54-57-60-63-69(72)75-66-67(65-74-68(71)62-59-56-53-50-21-18-15-12-9-6-3)76-70(73)64-61-58-55-52-49-47-44-25-23-20-17-14-11-8-5-2/h7,10,12,15-16,19,24-26,28-29,31-32,34-35,44,67H,4-6,8-9,11,13-14,17-18,20-23,27,30,33,36-43,45-66H2,1-3H3/b10-7-,15-12-,19-16-,26-24-,29-28-,32-31-,35-34-,44-25-. The van der Waals surface area contributed by atoms with Crippen molar-refractivity contribution in [3.63, 3.8) is 0 Å². The van der Waals surface area contributed by atoms with Gasteiger partial charge in [0, 0.05) is 19.3 Å². The summed E-state index contributed by atoms with van der Waals surface area (Å²) in [5.41, 5.74) is 0. The lowest BCUT2D eigenvalue weighted by atomic mass is 10.0. The van der Waals surface area contributed by atoms with Crippen molar-refractivity contribution in [3.05, 3.63) is 97.2 Å². The molecular weight excluding hydrogens is 937 g/mol. The molecule has 0 radical (unpaired) electrons. The van der Waals surface area contributed by atoms with Gasteiger partial charge in [0.05, 0.1) is 0 Å². The van der Waals surface area contributed by atoms with Crippen LogP contribution in [0.3, 0.4) is 0 Å². The second-order valence-electron chi connectivity index (χ2n) is 21.3. The maximum absolute atomic E-state index is 12.8. The van der Waals surface area contributed by atoms with Gasteiger partial charge in [-0.15, -0.1) is 0 Å². The summed E-state index contributed by atoms with van der Waals surface area (Å²) in [4.78, 5) is 38.2. The Hall–Kier alpha value is -3.67. The Morgan fingerprint density at radius 1 is 0.276 bits per heavy atom. The van der Waals surface area contributed by atoms with Crippen LogP contribution in [0.4, 0.5) is 0 Å². The van der Waals surface area contributed by atoms with Crippen molar-refractivity contribution in [2.24, 2.45) is 0 Å². The third-order valence-corrected chi connectivity index (χ3v) is 13.8. The Morgan fingerprint density at radius 3 is 0.868 bits per heavy atom. The molecule has 0 aromatic heterocycles. The van der Waals surface area contributed by atoms with Gasteiger partial charge in [0.1, 0.15) is 13.2 Å². The highest BCUT2D eigenvalue weighted by atomic mass is 16.6. The van der Waals surface area contributed by atoms with Crippen LogP contribution in [0.1, 0.15) is 310 Å². The molecule has 0 fully saturated rings. The number of ether oxygens (including phenoxy) is 3. The molecule has 0 bridgehead atoms. The molecule has 0 N–H and O–H groups in total. The molecule has 0 saturated heterocycles. The Morgan fingerprint density at radius 2 is 0.539 bits per heavy atom. The second-order valence-corrected chi connectivity index (χ2v) is 21.3. The van der Waals surface area contributed by atoms with Crippen LogP contribution in [0.2, 0.25) is 0 Å². The predicted octanol–water partition coefficient (Wildman–Crippen LogP) is 22.0. The van der Waals surface area contributed by atoms with E-state index in [0.717, 1.165) is 122 Å². The van der Waals surface area contributed by atoms with Crippen LogP contribution in [-0.2, 0) is 28.6 Å². The molecule has 0 aliphatic heterocycles.